The summed E-state index contributed by atoms with van der Waals surface area (Å²) < 4.78 is 7.20. The summed E-state index contributed by atoms with van der Waals surface area (Å²) in [5, 5.41) is 33.3. The van der Waals surface area contributed by atoms with Crippen molar-refractivity contribution in [3.63, 3.8) is 0 Å². The quantitative estimate of drug-likeness (QED) is 0.136. The molecule has 0 saturated heterocycles. The number of allylic oxidation sites excluding steroid dienone is 2. The zero-order valence-corrected chi connectivity index (χ0v) is 30.9. The number of unbranched alkanes of at least 4 members (excludes halogenated alkanes) is 1. The number of aromatic amines is 2. The van der Waals surface area contributed by atoms with E-state index in [1.54, 1.807) is 0 Å². The zero-order valence-electron chi connectivity index (χ0n) is 30.9. The topological polar surface area (TPSA) is 113 Å². The lowest BCUT2D eigenvalue weighted by molar-refractivity contribution is 0.0674. The van der Waals surface area contributed by atoms with E-state index in [0.29, 0.717) is 17.0 Å². The number of aromatic hydroxyl groups is 1. The van der Waals surface area contributed by atoms with Gasteiger partial charge in [-0.2, -0.15) is 30.8 Å². The lowest BCUT2D eigenvalue weighted by atomic mass is 9.63. The lowest BCUT2D eigenvalue weighted by Gasteiger charge is -2.47. The zero-order chi connectivity index (χ0) is 35.6. The Kier molecular flexibility index (Phi) is 10.5. The predicted octanol–water partition coefficient (Wildman–Crippen LogP) is 10.1. The van der Waals surface area contributed by atoms with Crippen LogP contribution in [0.5, 0.6) is 11.5 Å². The Balaban J connectivity index is 0.000000263. The van der Waals surface area contributed by atoms with Gasteiger partial charge in [0.25, 0.3) is 0 Å². The highest BCUT2D eigenvalue weighted by Gasteiger charge is 2.51. The molecule has 0 saturated carbocycles. The highest BCUT2D eigenvalue weighted by atomic mass is 16.5. The SMILES string of the molecule is C=C(CCC)C1C(C)=C(C)C(C)=C(C)C1(Oc1cccc2n[nH]nc12)c1cccc2n[nH]nc12.CCCCc1c(C)c(C)c(C)c(C)c1O. The number of phenolic OH excluding ortho intramolecular Hbond substituents is 1. The maximum Gasteiger partial charge on any atom is 0.168 e. The van der Waals surface area contributed by atoms with Gasteiger partial charge >= 0.3 is 0 Å². The van der Waals surface area contributed by atoms with Gasteiger partial charge in [0, 0.05) is 11.5 Å². The number of benzene rings is 3. The molecule has 8 heteroatoms. The molecule has 0 bridgehead atoms. The Hall–Kier alpha value is -4.72. The Morgan fingerprint density at radius 2 is 1.39 bits per heavy atom. The third-order valence-electron chi connectivity index (χ3n) is 11.0. The first-order chi connectivity index (χ1) is 23.4. The van der Waals surface area contributed by atoms with Crippen LogP contribution in [0.4, 0.5) is 0 Å². The van der Waals surface area contributed by atoms with Crippen molar-refractivity contribution in [1.82, 2.24) is 30.8 Å². The summed E-state index contributed by atoms with van der Waals surface area (Å²) in [5.74, 6) is 1.10. The van der Waals surface area contributed by atoms with E-state index < -0.39 is 5.60 Å². The van der Waals surface area contributed by atoms with Crippen molar-refractivity contribution in [2.75, 3.05) is 0 Å². The van der Waals surface area contributed by atoms with E-state index in [2.05, 4.69) is 106 Å². The van der Waals surface area contributed by atoms with E-state index >= 15 is 0 Å². The largest absolute Gasteiger partial charge is 0.507 e. The van der Waals surface area contributed by atoms with E-state index in [1.165, 1.54) is 39.8 Å². The Morgan fingerprint density at radius 1 is 0.776 bits per heavy atom. The molecular formula is C41H52N6O2. The minimum Gasteiger partial charge on any atom is -0.507 e. The fourth-order valence-electron chi connectivity index (χ4n) is 7.50. The molecule has 2 atom stereocenters. The number of hydrogen-bond acceptors (Lipinski definition) is 6. The van der Waals surface area contributed by atoms with Crippen molar-refractivity contribution in [3.05, 3.63) is 104 Å². The number of ether oxygens (including phenoxy) is 1. The van der Waals surface area contributed by atoms with Crippen LogP contribution in [0.3, 0.4) is 0 Å². The van der Waals surface area contributed by atoms with Crippen LogP contribution in [0.25, 0.3) is 22.1 Å². The normalized spacial score (nSPS) is 17.9. The monoisotopic (exact) mass is 660 g/mol. The summed E-state index contributed by atoms with van der Waals surface area (Å²) in [4.78, 5) is 0. The molecular weight excluding hydrogens is 608 g/mol. The van der Waals surface area contributed by atoms with Gasteiger partial charge in [-0.3, -0.25) is 0 Å². The highest BCUT2D eigenvalue weighted by molar-refractivity contribution is 5.82. The molecule has 49 heavy (non-hydrogen) atoms. The second kappa shape index (κ2) is 14.4. The van der Waals surface area contributed by atoms with Crippen LogP contribution in [-0.4, -0.2) is 35.9 Å². The van der Waals surface area contributed by atoms with Gasteiger partial charge in [-0.05, 0) is 137 Å². The average Bonchev–Trinajstić information content (AvgIpc) is 3.79. The van der Waals surface area contributed by atoms with Gasteiger partial charge in [0.05, 0.1) is 0 Å². The molecule has 0 aliphatic heterocycles. The van der Waals surface area contributed by atoms with Crippen molar-refractivity contribution < 1.29 is 9.84 Å². The summed E-state index contributed by atoms with van der Waals surface area (Å²) in [6.45, 7) is 26.0. The minimum atomic E-state index is -0.871. The van der Waals surface area contributed by atoms with Gasteiger partial charge in [-0.15, -0.1) is 0 Å². The van der Waals surface area contributed by atoms with Crippen molar-refractivity contribution in [3.8, 4) is 11.5 Å². The van der Waals surface area contributed by atoms with Crippen LogP contribution in [-0.2, 0) is 12.0 Å². The van der Waals surface area contributed by atoms with E-state index in [-0.39, 0.29) is 5.92 Å². The van der Waals surface area contributed by atoms with Crippen molar-refractivity contribution >= 4 is 22.1 Å². The molecule has 1 aliphatic carbocycles. The fourth-order valence-corrected chi connectivity index (χ4v) is 7.50. The van der Waals surface area contributed by atoms with Crippen LogP contribution < -0.4 is 4.74 Å². The molecule has 8 nitrogen and oxygen atoms in total. The number of nitrogens with one attached hydrogen (secondary N) is 2. The van der Waals surface area contributed by atoms with Gasteiger partial charge in [0.1, 0.15) is 22.3 Å². The second-order valence-corrected chi connectivity index (χ2v) is 13.6. The Morgan fingerprint density at radius 3 is 2.04 bits per heavy atom. The summed E-state index contributed by atoms with van der Waals surface area (Å²) in [7, 11) is 0. The first kappa shape index (κ1) is 35.6. The van der Waals surface area contributed by atoms with Crippen molar-refractivity contribution in [2.45, 2.75) is 107 Å². The molecule has 2 unspecified atom stereocenters. The van der Waals surface area contributed by atoms with Crippen LogP contribution >= 0.6 is 0 Å². The standard InChI is InChI=1S/C27H30N6O.C14H22O/c1-7-10-15(2)24-18(5)16(3)17(4)19(6)27(24,20-11-8-12-21-25(20)30-32-28-21)34-23-14-9-13-22-26(23)31-33-29-22;1-6-7-8-13-11(4)9(2)10(3)12(5)14(13)15/h8-9,11-14,24H,2,7,10H2,1,3-6H3,(H,28,30,32)(H,29,31,33);15H,6-8H2,1-5H3. The summed E-state index contributed by atoms with van der Waals surface area (Å²) in [6.07, 6.45) is 5.22. The van der Waals surface area contributed by atoms with Gasteiger partial charge in [-0.1, -0.05) is 62.6 Å². The molecule has 5 aromatic rings. The van der Waals surface area contributed by atoms with Gasteiger partial charge in [0.15, 0.2) is 16.9 Å². The van der Waals surface area contributed by atoms with Crippen LogP contribution in [0, 0.1) is 33.6 Å². The third kappa shape index (κ3) is 6.18. The molecule has 0 spiro atoms. The summed E-state index contributed by atoms with van der Waals surface area (Å²) in [5.41, 5.74) is 15.2. The van der Waals surface area contributed by atoms with Gasteiger partial charge in [-0.25, -0.2) is 0 Å². The fraction of sp³-hybridized carbons (Fsp3) is 0.415. The molecule has 258 valence electrons. The van der Waals surface area contributed by atoms with Gasteiger partial charge < -0.3 is 9.84 Å². The van der Waals surface area contributed by atoms with Crippen LogP contribution in [0.15, 0.2) is 70.8 Å². The van der Waals surface area contributed by atoms with Crippen molar-refractivity contribution in [1.29, 1.82) is 0 Å². The number of H-pyrrole nitrogens is 2. The smallest absolute Gasteiger partial charge is 0.168 e. The van der Waals surface area contributed by atoms with Gasteiger partial charge in [0.2, 0.25) is 0 Å². The Labute approximate surface area is 290 Å². The average molecular weight is 661 g/mol. The Bertz CT molecular complexity index is 2050. The van der Waals surface area contributed by atoms with E-state index in [9.17, 15) is 5.11 Å². The number of nitrogens with zero attached hydrogens (tertiary/aromatic N) is 4. The molecule has 3 N–H and O–H groups in total. The summed E-state index contributed by atoms with van der Waals surface area (Å²) in [6, 6.07) is 11.9. The molecule has 0 fully saturated rings. The number of para-hydroxylation sites is 2. The molecule has 1 aliphatic rings. The molecule has 0 amide bonds. The number of fused-ring (bicyclic) bond motifs is 2. The van der Waals surface area contributed by atoms with E-state index in [1.807, 2.05) is 37.3 Å². The van der Waals surface area contributed by atoms with Crippen LogP contribution in [0.1, 0.15) is 101 Å². The number of aromatic nitrogens is 6. The second-order valence-electron chi connectivity index (χ2n) is 13.6. The lowest BCUT2D eigenvalue weighted by Crippen LogP contribution is -2.46. The summed E-state index contributed by atoms with van der Waals surface area (Å²) >= 11 is 0. The van der Waals surface area contributed by atoms with E-state index in [4.69, 9.17) is 4.74 Å². The third-order valence-corrected chi connectivity index (χ3v) is 11.0. The maximum absolute atomic E-state index is 10.1. The van der Waals surface area contributed by atoms with Crippen LogP contribution in [0.2, 0.25) is 0 Å². The molecule has 6 rings (SSSR count). The first-order valence-electron chi connectivity index (χ1n) is 17.5. The molecule has 3 aromatic carbocycles. The molecule has 2 heterocycles. The number of rotatable bonds is 9. The molecule has 2 aromatic heterocycles. The minimum absolute atomic E-state index is 0.0828. The number of phenols is 1. The molecule has 0 radical (unpaired) electrons. The number of hydrogen-bond donors (Lipinski definition) is 3. The maximum atomic E-state index is 10.1. The first-order valence-corrected chi connectivity index (χ1v) is 17.5. The van der Waals surface area contributed by atoms with E-state index in [0.717, 1.165) is 70.1 Å². The predicted molar refractivity (Wildman–Crippen MR) is 200 cm³/mol. The van der Waals surface area contributed by atoms with Crippen molar-refractivity contribution in [2.24, 2.45) is 5.92 Å². The highest BCUT2D eigenvalue weighted by Crippen LogP contribution is 2.54.